The molecule has 5 atom stereocenters. The normalized spacial score (nSPS) is 45.7. The first kappa shape index (κ1) is 10.4. The van der Waals surface area contributed by atoms with Crippen LogP contribution in [0.3, 0.4) is 0 Å². The van der Waals surface area contributed by atoms with Crippen LogP contribution in [0.25, 0.3) is 0 Å². The number of aliphatic hydroxyl groups is 3. The van der Waals surface area contributed by atoms with Crippen LogP contribution in [0.4, 0.5) is 0 Å². The molecule has 6 nitrogen and oxygen atoms in total. The van der Waals surface area contributed by atoms with Gasteiger partial charge in [0.15, 0.2) is 6.29 Å². The van der Waals surface area contributed by atoms with Crippen molar-refractivity contribution < 1.29 is 24.9 Å². The molecule has 1 amide bonds. The van der Waals surface area contributed by atoms with Gasteiger partial charge in [-0.2, -0.15) is 0 Å². The molecule has 0 saturated carbocycles. The van der Waals surface area contributed by atoms with Gasteiger partial charge in [-0.15, -0.1) is 0 Å². The third-order valence-electron chi connectivity index (χ3n) is 2.13. The molecule has 1 rings (SSSR count). The Kier molecular flexibility index (Phi) is 3.21. The number of aliphatic hydroxyl groups excluding tert-OH is 3. The van der Waals surface area contributed by atoms with Crippen molar-refractivity contribution in [2.24, 2.45) is 0 Å². The van der Waals surface area contributed by atoms with Crippen molar-refractivity contribution in [3.8, 4) is 0 Å². The molecule has 0 spiro atoms. The molecule has 0 aliphatic carbocycles. The Morgan fingerprint density at radius 1 is 1.31 bits per heavy atom. The summed E-state index contributed by atoms with van der Waals surface area (Å²) >= 11 is 0. The van der Waals surface area contributed by atoms with Gasteiger partial charge >= 0.3 is 0 Å². The van der Waals surface area contributed by atoms with Crippen molar-refractivity contribution in [2.75, 3.05) is 0 Å². The second kappa shape index (κ2) is 4.01. The van der Waals surface area contributed by atoms with Crippen LogP contribution in [0.2, 0.25) is 0 Å². The van der Waals surface area contributed by atoms with Crippen LogP contribution in [-0.2, 0) is 9.53 Å². The van der Waals surface area contributed by atoms with E-state index in [1.54, 1.807) is 6.92 Å². The van der Waals surface area contributed by atoms with E-state index in [4.69, 9.17) is 9.84 Å². The zero-order valence-corrected chi connectivity index (χ0v) is 7.12. The van der Waals surface area contributed by atoms with E-state index in [1.165, 1.54) is 0 Å². The third-order valence-corrected chi connectivity index (χ3v) is 2.13. The van der Waals surface area contributed by atoms with Gasteiger partial charge in [-0.1, -0.05) is 0 Å². The van der Waals surface area contributed by atoms with Gasteiger partial charge in [-0.3, -0.25) is 4.79 Å². The van der Waals surface area contributed by atoms with Gasteiger partial charge in [0.1, 0.15) is 12.2 Å². The van der Waals surface area contributed by atoms with Gasteiger partial charge in [0.25, 0.3) is 0 Å². The van der Waals surface area contributed by atoms with Crippen LogP contribution in [0.5, 0.6) is 0 Å². The highest BCUT2D eigenvalue weighted by molar-refractivity contribution is 5.47. The predicted molar refractivity (Wildman–Crippen MR) is 41.6 cm³/mol. The summed E-state index contributed by atoms with van der Waals surface area (Å²) in [5.41, 5.74) is 0. The quantitative estimate of drug-likeness (QED) is 0.363. The van der Waals surface area contributed by atoms with Crippen LogP contribution in [0, 0.1) is 0 Å². The van der Waals surface area contributed by atoms with E-state index in [-0.39, 0.29) is 0 Å². The Labute approximate surface area is 75.1 Å². The van der Waals surface area contributed by atoms with E-state index in [9.17, 15) is 15.0 Å². The second-order valence-electron chi connectivity index (χ2n) is 3.02. The fourth-order valence-electron chi connectivity index (χ4n) is 1.36. The predicted octanol–water partition coefficient (Wildman–Crippen LogP) is -2.44. The Bertz CT molecular complexity index is 188. The zero-order chi connectivity index (χ0) is 10.0. The third kappa shape index (κ3) is 1.97. The molecule has 4 N–H and O–H groups in total. The number of amides is 1. The van der Waals surface area contributed by atoms with E-state index in [0.29, 0.717) is 6.41 Å². The topological polar surface area (TPSA) is 99.0 Å². The summed E-state index contributed by atoms with van der Waals surface area (Å²) < 4.78 is 4.86. The minimum atomic E-state index is -1.41. The smallest absolute Gasteiger partial charge is 0.207 e. The summed E-state index contributed by atoms with van der Waals surface area (Å²) in [6.07, 6.45) is -4.15. The first-order valence-electron chi connectivity index (χ1n) is 3.97. The van der Waals surface area contributed by atoms with Gasteiger partial charge in [0.05, 0.1) is 12.1 Å². The maximum atomic E-state index is 10.1. The molecule has 0 aromatic heterocycles. The molecule has 1 heterocycles. The molecule has 1 aliphatic heterocycles. The highest BCUT2D eigenvalue weighted by Crippen LogP contribution is 2.18. The molecule has 1 aliphatic rings. The van der Waals surface area contributed by atoms with E-state index < -0.39 is 30.6 Å². The Hall–Kier alpha value is -0.690. The average Bonchev–Trinajstić information content (AvgIpc) is 2.09. The summed E-state index contributed by atoms with van der Waals surface area (Å²) in [6, 6.07) is -0.698. The standard InChI is InChI=1S/C7H13NO5/c1-3-4(8-2-9)5(10)6(11)7(12)13-3/h2-7,10-12H,1H3,(H,8,9)/t3-,4-,5+,6+,7+/m1/s1. The van der Waals surface area contributed by atoms with Crippen LogP contribution < -0.4 is 5.32 Å². The highest BCUT2D eigenvalue weighted by Gasteiger charge is 2.41. The number of rotatable bonds is 2. The maximum Gasteiger partial charge on any atom is 0.207 e. The van der Waals surface area contributed by atoms with Crippen molar-refractivity contribution in [2.45, 2.75) is 37.6 Å². The lowest BCUT2D eigenvalue weighted by atomic mass is 9.97. The molecule has 1 fully saturated rings. The molecule has 13 heavy (non-hydrogen) atoms. The van der Waals surface area contributed by atoms with Crippen molar-refractivity contribution in [3.05, 3.63) is 0 Å². The molecular weight excluding hydrogens is 178 g/mol. The molecule has 0 bridgehead atoms. The van der Waals surface area contributed by atoms with E-state index in [1.807, 2.05) is 0 Å². The van der Waals surface area contributed by atoms with Crippen molar-refractivity contribution in [3.63, 3.8) is 0 Å². The first-order chi connectivity index (χ1) is 6.07. The van der Waals surface area contributed by atoms with Gasteiger partial charge in [-0.05, 0) is 6.92 Å². The van der Waals surface area contributed by atoms with E-state index in [0.717, 1.165) is 0 Å². The number of carbonyl (C=O) groups excluding carboxylic acids is 1. The molecule has 1 saturated heterocycles. The number of ether oxygens (including phenoxy) is 1. The average molecular weight is 191 g/mol. The van der Waals surface area contributed by atoms with E-state index in [2.05, 4.69) is 5.32 Å². The van der Waals surface area contributed by atoms with E-state index >= 15 is 0 Å². The van der Waals surface area contributed by atoms with Gasteiger partial charge < -0.3 is 25.4 Å². The minimum absolute atomic E-state index is 0.415. The summed E-state index contributed by atoms with van der Waals surface area (Å²) in [7, 11) is 0. The monoisotopic (exact) mass is 191 g/mol. The van der Waals surface area contributed by atoms with Gasteiger partial charge in [0, 0.05) is 0 Å². The molecule has 0 unspecified atom stereocenters. The largest absolute Gasteiger partial charge is 0.388 e. The van der Waals surface area contributed by atoms with Crippen LogP contribution >= 0.6 is 0 Å². The number of hydrogen-bond donors (Lipinski definition) is 4. The molecule has 6 heteroatoms. The lowest BCUT2D eigenvalue weighted by Gasteiger charge is -2.39. The molecular formula is C7H13NO5. The van der Waals surface area contributed by atoms with Crippen molar-refractivity contribution >= 4 is 6.41 Å². The summed E-state index contributed by atoms with van der Waals surface area (Å²) in [5.74, 6) is 0. The lowest BCUT2D eigenvalue weighted by Crippen LogP contribution is -2.61. The summed E-state index contributed by atoms with van der Waals surface area (Å²) in [4.78, 5) is 10.1. The van der Waals surface area contributed by atoms with Crippen LogP contribution in [-0.4, -0.2) is 52.4 Å². The fourth-order valence-corrected chi connectivity index (χ4v) is 1.36. The fraction of sp³-hybridized carbons (Fsp3) is 0.857. The molecule has 0 radical (unpaired) electrons. The SMILES string of the molecule is C[C@H]1O[C@H](O)[C@@H](O)[C@@H](O)[C@@H]1NC=O. The molecule has 0 aromatic rings. The lowest BCUT2D eigenvalue weighted by molar-refractivity contribution is -0.252. The van der Waals surface area contributed by atoms with Crippen molar-refractivity contribution in [1.82, 2.24) is 5.32 Å². The number of nitrogens with one attached hydrogen (secondary N) is 1. The Balaban J connectivity index is 2.66. The first-order valence-corrected chi connectivity index (χ1v) is 3.97. The second-order valence-corrected chi connectivity index (χ2v) is 3.02. The molecule has 0 aromatic carbocycles. The summed E-state index contributed by atoms with van der Waals surface area (Å²) in [6.45, 7) is 1.58. The summed E-state index contributed by atoms with van der Waals surface area (Å²) in [5, 5.41) is 29.9. The zero-order valence-electron chi connectivity index (χ0n) is 7.12. The minimum Gasteiger partial charge on any atom is -0.388 e. The Morgan fingerprint density at radius 3 is 2.46 bits per heavy atom. The molecule has 76 valence electrons. The van der Waals surface area contributed by atoms with Gasteiger partial charge in [0.2, 0.25) is 6.41 Å². The maximum absolute atomic E-state index is 10.1. The number of carbonyl (C=O) groups is 1. The number of hydrogen-bond acceptors (Lipinski definition) is 5. The Morgan fingerprint density at radius 2 is 1.92 bits per heavy atom. The van der Waals surface area contributed by atoms with Gasteiger partial charge in [-0.25, -0.2) is 0 Å². The van der Waals surface area contributed by atoms with Crippen molar-refractivity contribution in [1.29, 1.82) is 0 Å². The van der Waals surface area contributed by atoms with Crippen LogP contribution in [0.15, 0.2) is 0 Å². The van der Waals surface area contributed by atoms with Crippen LogP contribution in [0.1, 0.15) is 6.92 Å². The highest BCUT2D eigenvalue weighted by atomic mass is 16.6.